The van der Waals surface area contributed by atoms with E-state index in [0.717, 1.165) is 18.1 Å². The molecule has 0 bridgehead atoms. The molecule has 0 saturated carbocycles. The summed E-state index contributed by atoms with van der Waals surface area (Å²) >= 11 is 1.89. The fourth-order valence-corrected chi connectivity index (χ4v) is 2.73. The minimum atomic E-state index is -0.0741. The van der Waals surface area contributed by atoms with Gasteiger partial charge in [0.2, 0.25) is 0 Å². The Morgan fingerprint density at radius 1 is 0.938 bits per heavy atom. The van der Waals surface area contributed by atoms with E-state index in [1.165, 1.54) is 44.3 Å². The lowest BCUT2D eigenvalue weighted by atomic mass is 10.1. The molecule has 0 fully saturated rings. The third kappa shape index (κ3) is 12.4. The molecule has 1 N–H and O–H groups in total. The summed E-state index contributed by atoms with van der Waals surface area (Å²) in [5, 5.41) is 9.74. The molecule has 0 aromatic carbocycles. The summed E-state index contributed by atoms with van der Waals surface area (Å²) in [5.74, 6) is 2.84. The first-order valence-corrected chi connectivity index (χ1v) is 8.08. The Kier molecular flexibility index (Phi) is 12.0. The standard InChI is InChI=1S/C14H30OS/c1-4-5-6-7-8-9-10-14(15)12-16-11-13(2)3/h13-15H,4-12H2,1-3H3. The summed E-state index contributed by atoms with van der Waals surface area (Å²) < 4.78 is 0. The van der Waals surface area contributed by atoms with Crippen molar-refractivity contribution in [1.29, 1.82) is 0 Å². The van der Waals surface area contributed by atoms with Crippen LogP contribution in [0.4, 0.5) is 0 Å². The second kappa shape index (κ2) is 11.8. The molecule has 0 aliphatic carbocycles. The highest BCUT2D eigenvalue weighted by atomic mass is 32.2. The summed E-state index contributed by atoms with van der Waals surface area (Å²) in [6, 6.07) is 0. The van der Waals surface area contributed by atoms with Crippen LogP contribution in [0.15, 0.2) is 0 Å². The Labute approximate surface area is 106 Å². The Hall–Kier alpha value is 0.310. The van der Waals surface area contributed by atoms with Crippen molar-refractivity contribution >= 4 is 11.8 Å². The topological polar surface area (TPSA) is 20.2 Å². The van der Waals surface area contributed by atoms with E-state index in [9.17, 15) is 5.11 Å². The normalized spacial score (nSPS) is 13.3. The van der Waals surface area contributed by atoms with Gasteiger partial charge in [-0.15, -0.1) is 0 Å². The predicted octanol–water partition coefficient (Wildman–Crippen LogP) is 4.49. The Morgan fingerprint density at radius 2 is 1.56 bits per heavy atom. The van der Waals surface area contributed by atoms with Crippen LogP contribution in [0.3, 0.4) is 0 Å². The number of hydrogen-bond acceptors (Lipinski definition) is 2. The van der Waals surface area contributed by atoms with E-state index < -0.39 is 0 Å². The zero-order chi connectivity index (χ0) is 12.2. The molecular formula is C14H30OS. The van der Waals surface area contributed by atoms with Crippen LogP contribution in [0.5, 0.6) is 0 Å². The first-order chi connectivity index (χ1) is 7.66. The summed E-state index contributed by atoms with van der Waals surface area (Å²) in [7, 11) is 0. The fourth-order valence-electron chi connectivity index (χ4n) is 1.68. The molecule has 0 aliphatic heterocycles. The molecule has 1 nitrogen and oxygen atoms in total. The molecule has 0 radical (unpaired) electrons. The van der Waals surface area contributed by atoms with Gasteiger partial charge in [0, 0.05) is 5.75 Å². The first-order valence-electron chi connectivity index (χ1n) is 6.92. The highest BCUT2D eigenvalue weighted by Crippen LogP contribution is 2.13. The van der Waals surface area contributed by atoms with Crippen LogP contribution in [0.1, 0.15) is 65.7 Å². The minimum Gasteiger partial charge on any atom is -0.392 e. The molecule has 0 spiro atoms. The minimum absolute atomic E-state index is 0.0741. The van der Waals surface area contributed by atoms with Gasteiger partial charge in [-0.25, -0.2) is 0 Å². The number of aliphatic hydroxyl groups excluding tert-OH is 1. The predicted molar refractivity (Wildman–Crippen MR) is 76.2 cm³/mol. The molecule has 0 amide bonds. The van der Waals surface area contributed by atoms with Gasteiger partial charge in [-0.2, -0.15) is 11.8 Å². The number of thioether (sulfide) groups is 1. The molecule has 0 heterocycles. The van der Waals surface area contributed by atoms with E-state index in [4.69, 9.17) is 0 Å². The second-order valence-corrected chi connectivity index (χ2v) is 6.22. The quantitative estimate of drug-likeness (QED) is 0.542. The Bertz CT molecular complexity index is 137. The molecule has 1 atom stereocenters. The van der Waals surface area contributed by atoms with E-state index in [1.54, 1.807) is 0 Å². The number of rotatable bonds is 11. The van der Waals surface area contributed by atoms with Crippen molar-refractivity contribution in [2.45, 2.75) is 71.8 Å². The zero-order valence-corrected chi connectivity index (χ0v) is 12.2. The van der Waals surface area contributed by atoms with Gasteiger partial charge in [0.25, 0.3) is 0 Å². The van der Waals surface area contributed by atoms with E-state index >= 15 is 0 Å². The van der Waals surface area contributed by atoms with Crippen LogP contribution in [-0.2, 0) is 0 Å². The maximum atomic E-state index is 9.74. The van der Waals surface area contributed by atoms with Gasteiger partial charge in [0.05, 0.1) is 6.10 Å². The van der Waals surface area contributed by atoms with Crippen molar-refractivity contribution in [3.63, 3.8) is 0 Å². The maximum absolute atomic E-state index is 9.74. The average Bonchev–Trinajstić information content (AvgIpc) is 2.22. The SMILES string of the molecule is CCCCCCCCC(O)CSCC(C)C. The lowest BCUT2D eigenvalue weighted by Gasteiger charge is -2.11. The largest absolute Gasteiger partial charge is 0.392 e. The van der Waals surface area contributed by atoms with Crippen molar-refractivity contribution in [1.82, 2.24) is 0 Å². The van der Waals surface area contributed by atoms with Crippen LogP contribution >= 0.6 is 11.8 Å². The molecule has 16 heavy (non-hydrogen) atoms. The Balaban J connectivity index is 3.14. The third-order valence-corrected chi connectivity index (χ3v) is 4.18. The van der Waals surface area contributed by atoms with Gasteiger partial charge in [-0.1, -0.05) is 59.3 Å². The lowest BCUT2D eigenvalue weighted by Crippen LogP contribution is -2.10. The highest BCUT2D eigenvalue weighted by molar-refractivity contribution is 7.99. The summed E-state index contributed by atoms with van der Waals surface area (Å²) in [6.07, 6.45) is 8.82. The first kappa shape index (κ1) is 16.3. The highest BCUT2D eigenvalue weighted by Gasteiger charge is 2.04. The van der Waals surface area contributed by atoms with Crippen molar-refractivity contribution < 1.29 is 5.11 Å². The van der Waals surface area contributed by atoms with Crippen molar-refractivity contribution in [2.75, 3.05) is 11.5 Å². The number of unbranched alkanes of at least 4 members (excludes halogenated alkanes) is 5. The Morgan fingerprint density at radius 3 is 2.19 bits per heavy atom. The van der Waals surface area contributed by atoms with Gasteiger partial charge in [-0.3, -0.25) is 0 Å². The number of aliphatic hydroxyl groups is 1. The van der Waals surface area contributed by atoms with E-state index in [1.807, 2.05) is 11.8 Å². The second-order valence-electron chi connectivity index (χ2n) is 5.14. The lowest BCUT2D eigenvalue weighted by molar-refractivity contribution is 0.185. The van der Waals surface area contributed by atoms with Gasteiger partial charge < -0.3 is 5.11 Å². The van der Waals surface area contributed by atoms with Crippen LogP contribution in [-0.4, -0.2) is 22.7 Å². The molecule has 0 aliphatic rings. The van der Waals surface area contributed by atoms with Crippen LogP contribution < -0.4 is 0 Å². The van der Waals surface area contributed by atoms with Crippen molar-refractivity contribution in [2.24, 2.45) is 5.92 Å². The summed E-state index contributed by atoms with van der Waals surface area (Å²) in [5.41, 5.74) is 0. The molecule has 98 valence electrons. The molecule has 0 rings (SSSR count). The fraction of sp³-hybridized carbons (Fsp3) is 1.00. The monoisotopic (exact) mass is 246 g/mol. The van der Waals surface area contributed by atoms with Crippen LogP contribution in [0, 0.1) is 5.92 Å². The summed E-state index contributed by atoms with van der Waals surface area (Å²) in [6.45, 7) is 6.70. The van der Waals surface area contributed by atoms with E-state index in [0.29, 0.717) is 0 Å². The van der Waals surface area contributed by atoms with Gasteiger partial charge in [-0.05, 0) is 18.1 Å². The maximum Gasteiger partial charge on any atom is 0.0630 e. The molecule has 0 saturated heterocycles. The van der Waals surface area contributed by atoms with Gasteiger partial charge in [0.15, 0.2) is 0 Å². The van der Waals surface area contributed by atoms with E-state index in [2.05, 4.69) is 20.8 Å². The third-order valence-electron chi connectivity index (χ3n) is 2.65. The van der Waals surface area contributed by atoms with Gasteiger partial charge >= 0.3 is 0 Å². The van der Waals surface area contributed by atoms with E-state index in [-0.39, 0.29) is 6.10 Å². The average molecular weight is 246 g/mol. The molecule has 2 heteroatoms. The molecular weight excluding hydrogens is 216 g/mol. The summed E-state index contributed by atoms with van der Waals surface area (Å²) in [4.78, 5) is 0. The molecule has 0 aromatic rings. The van der Waals surface area contributed by atoms with Crippen molar-refractivity contribution in [3.8, 4) is 0 Å². The van der Waals surface area contributed by atoms with Crippen LogP contribution in [0.25, 0.3) is 0 Å². The smallest absolute Gasteiger partial charge is 0.0630 e. The van der Waals surface area contributed by atoms with Crippen LogP contribution in [0.2, 0.25) is 0 Å². The molecule has 0 aromatic heterocycles. The zero-order valence-electron chi connectivity index (χ0n) is 11.4. The number of hydrogen-bond donors (Lipinski definition) is 1. The van der Waals surface area contributed by atoms with Gasteiger partial charge in [0.1, 0.15) is 0 Å². The molecule has 1 unspecified atom stereocenters. The van der Waals surface area contributed by atoms with Crippen molar-refractivity contribution in [3.05, 3.63) is 0 Å².